The summed E-state index contributed by atoms with van der Waals surface area (Å²) in [4.78, 5) is 26.2. The third-order valence-electron chi connectivity index (χ3n) is 4.02. The van der Waals surface area contributed by atoms with Crippen LogP contribution in [-0.4, -0.2) is 33.2 Å². The molecule has 0 bridgehead atoms. The molecule has 0 aliphatic rings. The zero-order valence-electron chi connectivity index (χ0n) is 15.8. The van der Waals surface area contributed by atoms with Crippen LogP contribution in [0.25, 0.3) is 10.4 Å². The monoisotopic (exact) mass is 429 g/mol. The summed E-state index contributed by atoms with van der Waals surface area (Å²) < 4.78 is 28.6. The van der Waals surface area contributed by atoms with Gasteiger partial charge >= 0.3 is 5.97 Å². The maximum atomic E-state index is 12.7. The Hall–Kier alpha value is -2.97. The molecule has 0 saturated carbocycles. The Morgan fingerprint density at radius 1 is 1.03 bits per heavy atom. The highest BCUT2D eigenvalue weighted by molar-refractivity contribution is 7.90. The Morgan fingerprint density at radius 2 is 1.76 bits per heavy atom. The second-order valence-corrected chi connectivity index (χ2v) is 9.26. The molecule has 6 nitrogen and oxygen atoms in total. The second kappa shape index (κ2) is 8.59. The maximum Gasteiger partial charge on any atom is 0.350 e. The highest BCUT2D eigenvalue weighted by Crippen LogP contribution is 2.35. The number of anilines is 1. The molecule has 3 rings (SSSR count). The van der Waals surface area contributed by atoms with Gasteiger partial charge in [0, 0.05) is 16.7 Å². The van der Waals surface area contributed by atoms with Gasteiger partial charge in [-0.15, -0.1) is 11.3 Å². The molecule has 0 atom stereocenters. The lowest BCUT2D eigenvalue weighted by Crippen LogP contribution is -2.15. The minimum absolute atomic E-state index is 0.0473. The van der Waals surface area contributed by atoms with Crippen LogP contribution in [-0.2, 0) is 14.6 Å². The summed E-state index contributed by atoms with van der Waals surface area (Å²) >= 11 is 1.22. The molecule has 29 heavy (non-hydrogen) atoms. The van der Waals surface area contributed by atoms with E-state index in [9.17, 15) is 18.0 Å². The first-order valence-electron chi connectivity index (χ1n) is 8.77. The standard InChI is InChI=1S/C21H19NO5S2/c1-3-27-21(24)19-17(13-18(28-19)14-8-5-4-6-9-14)22-20(23)15-10-7-11-16(12-15)29(2,25)26/h4-13H,3H2,1-2H3,(H,22,23). The van der Waals surface area contributed by atoms with Crippen LogP contribution in [0, 0.1) is 0 Å². The minimum atomic E-state index is -3.44. The Morgan fingerprint density at radius 3 is 2.41 bits per heavy atom. The van der Waals surface area contributed by atoms with E-state index in [-0.39, 0.29) is 21.9 Å². The summed E-state index contributed by atoms with van der Waals surface area (Å²) in [6, 6.07) is 16.9. The fourth-order valence-corrected chi connectivity index (χ4v) is 4.32. The molecule has 150 valence electrons. The van der Waals surface area contributed by atoms with Gasteiger partial charge in [-0.2, -0.15) is 0 Å². The molecule has 1 aromatic heterocycles. The quantitative estimate of drug-likeness (QED) is 0.592. The normalized spacial score (nSPS) is 11.1. The van der Waals surface area contributed by atoms with Crippen LogP contribution in [0.2, 0.25) is 0 Å². The molecule has 2 aromatic carbocycles. The molecule has 1 heterocycles. The average molecular weight is 430 g/mol. The molecular formula is C21H19NO5S2. The minimum Gasteiger partial charge on any atom is -0.462 e. The summed E-state index contributed by atoms with van der Waals surface area (Å²) in [5.74, 6) is -1.04. The van der Waals surface area contributed by atoms with Gasteiger partial charge in [0.25, 0.3) is 5.91 Å². The number of carbonyl (C=O) groups is 2. The first-order chi connectivity index (χ1) is 13.8. The molecule has 0 spiro atoms. The van der Waals surface area contributed by atoms with Crippen LogP contribution >= 0.6 is 11.3 Å². The average Bonchev–Trinajstić information content (AvgIpc) is 3.12. The second-order valence-electron chi connectivity index (χ2n) is 6.19. The van der Waals surface area contributed by atoms with Crippen LogP contribution in [0.15, 0.2) is 65.6 Å². The van der Waals surface area contributed by atoms with E-state index < -0.39 is 21.7 Å². The smallest absolute Gasteiger partial charge is 0.350 e. The van der Waals surface area contributed by atoms with Gasteiger partial charge in [0.05, 0.1) is 17.2 Å². The van der Waals surface area contributed by atoms with Crippen molar-refractivity contribution in [2.75, 3.05) is 18.2 Å². The Bertz CT molecular complexity index is 1150. The number of thiophene rings is 1. The van der Waals surface area contributed by atoms with E-state index in [4.69, 9.17) is 4.74 Å². The number of benzene rings is 2. The molecule has 8 heteroatoms. The topological polar surface area (TPSA) is 89.5 Å². The fraction of sp³-hybridized carbons (Fsp3) is 0.143. The molecule has 0 radical (unpaired) electrons. The number of carbonyl (C=O) groups excluding carboxylic acids is 2. The highest BCUT2D eigenvalue weighted by atomic mass is 32.2. The SMILES string of the molecule is CCOC(=O)c1sc(-c2ccccc2)cc1NC(=O)c1cccc(S(C)(=O)=O)c1. The van der Waals surface area contributed by atoms with Crippen LogP contribution < -0.4 is 5.32 Å². The lowest BCUT2D eigenvalue weighted by molar-refractivity contribution is 0.0533. The lowest BCUT2D eigenvalue weighted by atomic mass is 10.2. The van der Waals surface area contributed by atoms with Crippen molar-refractivity contribution >= 4 is 38.7 Å². The summed E-state index contributed by atoms with van der Waals surface area (Å²) in [6.45, 7) is 1.92. The van der Waals surface area contributed by atoms with E-state index in [1.807, 2.05) is 30.3 Å². The number of hydrogen-bond acceptors (Lipinski definition) is 6. The molecule has 0 saturated heterocycles. The van der Waals surface area contributed by atoms with E-state index in [0.717, 1.165) is 16.7 Å². The number of esters is 1. The van der Waals surface area contributed by atoms with Gasteiger partial charge in [0.2, 0.25) is 0 Å². The molecule has 0 unspecified atom stereocenters. The zero-order chi connectivity index (χ0) is 21.0. The van der Waals surface area contributed by atoms with Gasteiger partial charge in [0.15, 0.2) is 9.84 Å². The van der Waals surface area contributed by atoms with Gasteiger partial charge in [-0.25, -0.2) is 13.2 Å². The van der Waals surface area contributed by atoms with Crippen molar-refractivity contribution in [3.8, 4) is 10.4 Å². The lowest BCUT2D eigenvalue weighted by Gasteiger charge is -2.07. The predicted molar refractivity (Wildman–Crippen MR) is 113 cm³/mol. The van der Waals surface area contributed by atoms with Crippen LogP contribution in [0.1, 0.15) is 27.0 Å². The predicted octanol–water partition coefficient (Wildman–Crippen LogP) is 4.25. The third kappa shape index (κ3) is 4.90. The van der Waals surface area contributed by atoms with Gasteiger partial charge in [-0.3, -0.25) is 4.79 Å². The Labute approximate surface area is 173 Å². The number of nitrogens with one attached hydrogen (secondary N) is 1. The van der Waals surface area contributed by atoms with Crippen LogP contribution in [0.5, 0.6) is 0 Å². The number of sulfone groups is 1. The molecule has 3 aromatic rings. The molecule has 1 N–H and O–H groups in total. The summed E-state index contributed by atoms with van der Waals surface area (Å²) in [6.07, 6.45) is 1.08. The van der Waals surface area contributed by atoms with Crippen molar-refractivity contribution in [3.05, 3.63) is 71.1 Å². The fourth-order valence-electron chi connectivity index (χ4n) is 2.64. The summed E-state index contributed by atoms with van der Waals surface area (Å²) in [7, 11) is -3.44. The Balaban J connectivity index is 1.96. The van der Waals surface area contributed by atoms with Crippen LogP contribution in [0.4, 0.5) is 5.69 Å². The number of amides is 1. The number of hydrogen-bond donors (Lipinski definition) is 1. The molecule has 1 amide bonds. The van der Waals surface area contributed by atoms with E-state index in [0.29, 0.717) is 5.69 Å². The van der Waals surface area contributed by atoms with Crippen molar-refractivity contribution < 1.29 is 22.7 Å². The van der Waals surface area contributed by atoms with Crippen LogP contribution in [0.3, 0.4) is 0 Å². The Kier molecular flexibility index (Phi) is 6.14. The molecular weight excluding hydrogens is 410 g/mol. The van der Waals surface area contributed by atoms with Crippen molar-refractivity contribution in [1.82, 2.24) is 0 Å². The zero-order valence-corrected chi connectivity index (χ0v) is 17.5. The van der Waals surface area contributed by atoms with E-state index >= 15 is 0 Å². The summed E-state index contributed by atoms with van der Waals surface area (Å²) in [5.41, 5.74) is 1.40. The molecule has 0 aliphatic heterocycles. The van der Waals surface area contributed by atoms with Gasteiger partial charge in [-0.05, 0) is 36.8 Å². The van der Waals surface area contributed by atoms with E-state index in [1.54, 1.807) is 13.0 Å². The third-order valence-corrected chi connectivity index (χ3v) is 6.30. The molecule has 0 aliphatic carbocycles. The summed E-state index contributed by atoms with van der Waals surface area (Å²) in [5, 5.41) is 2.71. The van der Waals surface area contributed by atoms with Gasteiger partial charge in [-0.1, -0.05) is 36.4 Å². The van der Waals surface area contributed by atoms with Gasteiger partial charge in [0.1, 0.15) is 4.88 Å². The maximum absolute atomic E-state index is 12.7. The van der Waals surface area contributed by atoms with Gasteiger partial charge < -0.3 is 10.1 Å². The first-order valence-corrected chi connectivity index (χ1v) is 11.5. The van der Waals surface area contributed by atoms with Crippen molar-refractivity contribution in [2.24, 2.45) is 0 Å². The number of ether oxygens (including phenoxy) is 1. The molecule has 0 fully saturated rings. The van der Waals surface area contributed by atoms with Crippen molar-refractivity contribution in [1.29, 1.82) is 0 Å². The van der Waals surface area contributed by atoms with Crippen molar-refractivity contribution in [3.63, 3.8) is 0 Å². The number of rotatable bonds is 6. The van der Waals surface area contributed by atoms with Crippen molar-refractivity contribution in [2.45, 2.75) is 11.8 Å². The van der Waals surface area contributed by atoms with E-state index in [1.165, 1.54) is 35.6 Å². The van der Waals surface area contributed by atoms with E-state index in [2.05, 4.69) is 5.32 Å². The largest absolute Gasteiger partial charge is 0.462 e. The highest BCUT2D eigenvalue weighted by Gasteiger charge is 2.21. The first kappa shape index (κ1) is 20.8.